The minimum Gasteiger partial charge on any atom is -0.316 e. The first kappa shape index (κ1) is 16.2. The SMILES string of the molecule is CCCNCC1CCN(S(=O)(=O)NC2CCCC2)CC1. The van der Waals surface area contributed by atoms with Gasteiger partial charge in [-0.1, -0.05) is 19.8 Å². The molecule has 1 aliphatic heterocycles. The van der Waals surface area contributed by atoms with Crippen LogP contribution in [0, 0.1) is 5.92 Å². The molecule has 1 heterocycles. The summed E-state index contributed by atoms with van der Waals surface area (Å²) in [5.74, 6) is 0.625. The van der Waals surface area contributed by atoms with E-state index in [0.717, 1.165) is 58.0 Å². The van der Waals surface area contributed by atoms with Crippen molar-refractivity contribution in [1.29, 1.82) is 0 Å². The third kappa shape index (κ3) is 4.69. The lowest BCUT2D eigenvalue weighted by Crippen LogP contribution is -2.48. The van der Waals surface area contributed by atoms with Crippen LogP contribution in [0.2, 0.25) is 0 Å². The first-order valence-corrected chi connectivity index (χ1v) is 9.54. The average molecular weight is 303 g/mol. The molecule has 0 spiro atoms. The van der Waals surface area contributed by atoms with Gasteiger partial charge in [-0.05, 0) is 51.1 Å². The van der Waals surface area contributed by atoms with Crippen molar-refractivity contribution in [2.75, 3.05) is 26.2 Å². The fourth-order valence-corrected chi connectivity index (χ4v) is 4.66. The van der Waals surface area contributed by atoms with Gasteiger partial charge in [0.05, 0.1) is 0 Å². The molecule has 2 rings (SSSR count). The Labute approximate surface area is 123 Å². The van der Waals surface area contributed by atoms with Gasteiger partial charge in [0.1, 0.15) is 0 Å². The van der Waals surface area contributed by atoms with E-state index in [0.29, 0.717) is 19.0 Å². The fourth-order valence-electron chi connectivity index (χ4n) is 3.17. The second-order valence-electron chi connectivity index (χ2n) is 6.15. The molecule has 0 bridgehead atoms. The van der Waals surface area contributed by atoms with E-state index >= 15 is 0 Å². The lowest BCUT2D eigenvalue weighted by Gasteiger charge is -2.32. The maximum Gasteiger partial charge on any atom is 0.279 e. The lowest BCUT2D eigenvalue weighted by atomic mass is 9.98. The molecule has 1 saturated carbocycles. The molecule has 2 N–H and O–H groups in total. The van der Waals surface area contributed by atoms with Gasteiger partial charge in [0.25, 0.3) is 10.2 Å². The molecule has 2 aliphatic rings. The third-order valence-corrected chi connectivity index (χ3v) is 6.12. The lowest BCUT2D eigenvalue weighted by molar-refractivity contribution is 0.264. The summed E-state index contributed by atoms with van der Waals surface area (Å²) in [6.45, 7) is 5.58. The number of hydrogen-bond acceptors (Lipinski definition) is 3. The molecule has 0 amide bonds. The minimum absolute atomic E-state index is 0.170. The molecule has 0 aromatic rings. The summed E-state index contributed by atoms with van der Waals surface area (Å²) >= 11 is 0. The van der Waals surface area contributed by atoms with Crippen molar-refractivity contribution >= 4 is 10.2 Å². The third-order valence-electron chi connectivity index (χ3n) is 4.44. The number of nitrogens with zero attached hydrogens (tertiary/aromatic N) is 1. The van der Waals surface area contributed by atoms with E-state index in [1.54, 1.807) is 4.31 Å². The van der Waals surface area contributed by atoms with Crippen molar-refractivity contribution in [1.82, 2.24) is 14.3 Å². The Morgan fingerprint density at radius 3 is 2.35 bits per heavy atom. The summed E-state index contributed by atoms with van der Waals surface area (Å²) in [5, 5.41) is 3.43. The summed E-state index contributed by atoms with van der Waals surface area (Å²) < 4.78 is 29.1. The molecule has 0 aromatic carbocycles. The highest BCUT2D eigenvalue weighted by molar-refractivity contribution is 7.87. The second-order valence-corrected chi connectivity index (χ2v) is 7.85. The van der Waals surface area contributed by atoms with E-state index in [4.69, 9.17) is 0 Å². The largest absolute Gasteiger partial charge is 0.316 e. The van der Waals surface area contributed by atoms with E-state index in [-0.39, 0.29) is 6.04 Å². The van der Waals surface area contributed by atoms with Gasteiger partial charge in [0.2, 0.25) is 0 Å². The normalized spacial score (nSPS) is 23.4. The van der Waals surface area contributed by atoms with Crippen LogP contribution in [0.1, 0.15) is 51.9 Å². The molecule has 118 valence electrons. The molecule has 0 aromatic heterocycles. The van der Waals surface area contributed by atoms with Gasteiger partial charge in [-0.15, -0.1) is 0 Å². The fraction of sp³-hybridized carbons (Fsp3) is 1.00. The maximum atomic E-state index is 12.3. The molecule has 5 nitrogen and oxygen atoms in total. The smallest absolute Gasteiger partial charge is 0.279 e. The Kier molecular flexibility index (Phi) is 6.26. The van der Waals surface area contributed by atoms with E-state index in [9.17, 15) is 8.42 Å². The highest BCUT2D eigenvalue weighted by Gasteiger charge is 2.30. The van der Waals surface area contributed by atoms with Crippen LogP contribution >= 0.6 is 0 Å². The minimum atomic E-state index is -3.25. The van der Waals surface area contributed by atoms with Gasteiger partial charge in [-0.2, -0.15) is 17.4 Å². The molecule has 2 fully saturated rings. The van der Waals surface area contributed by atoms with Crippen LogP contribution in [0.15, 0.2) is 0 Å². The van der Waals surface area contributed by atoms with Gasteiger partial charge < -0.3 is 5.32 Å². The van der Waals surface area contributed by atoms with E-state index in [1.165, 1.54) is 0 Å². The van der Waals surface area contributed by atoms with Gasteiger partial charge in [0.15, 0.2) is 0 Å². The number of hydrogen-bond donors (Lipinski definition) is 2. The molecule has 1 aliphatic carbocycles. The van der Waals surface area contributed by atoms with Gasteiger partial charge >= 0.3 is 0 Å². The van der Waals surface area contributed by atoms with Crippen LogP contribution in [0.4, 0.5) is 0 Å². The number of piperidine rings is 1. The monoisotopic (exact) mass is 303 g/mol. The van der Waals surface area contributed by atoms with Gasteiger partial charge in [0, 0.05) is 19.1 Å². The van der Waals surface area contributed by atoms with Gasteiger partial charge in [-0.25, -0.2) is 0 Å². The molecule has 6 heteroatoms. The highest BCUT2D eigenvalue weighted by Crippen LogP contribution is 2.22. The summed E-state index contributed by atoms with van der Waals surface area (Å²) in [5.41, 5.74) is 0. The molecule has 0 radical (unpaired) electrons. The summed E-state index contributed by atoms with van der Waals surface area (Å²) in [6.07, 6.45) is 7.40. The molecule has 1 saturated heterocycles. The second kappa shape index (κ2) is 7.73. The number of rotatable bonds is 7. The Balaban J connectivity index is 1.74. The van der Waals surface area contributed by atoms with Gasteiger partial charge in [-0.3, -0.25) is 0 Å². The first-order valence-electron chi connectivity index (χ1n) is 8.10. The van der Waals surface area contributed by atoms with Crippen molar-refractivity contribution in [3.05, 3.63) is 0 Å². The Morgan fingerprint density at radius 1 is 1.10 bits per heavy atom. The Hall–Kier alpha value is -0.170. The standard InChI is InChI=1S/C14H29N3O2S/c1-2-9-15-12-13-7-10-17(11-8-13)20(18,19)16-14-5-3-4-6-14/h13-16H,2-12H2,1H3. The zero-order valence-electron chi connectivity index (χ0n) is 12.6. The van der Waals surface area contributed by atoms with Crippen LogP contribution in [-0.2, 0) is 10.2 Å². The Bertz CT molecular complexity index is 372. The zero-order chi connectivity index (χ0) is 14.4. The molecule has 0 unspecified atom stereocenters. The Morgan fingerprint density at radius 2 is 1.75 bits per heavy atom. The quantitative estimate of drug-likeness (QED) is 0.700. The van der Waals surface area contributed by atoms with Crippen molar-refractivity contribution in [2.45, 2.75) is 57.9 Å². The zero-order valence-corrected chi connectivity index (χ0v) is 13.4. The predicted octanol–water partition coefficient (Wildman–Crippen LogP) is 1.47. The summed E-state index contributed by atoms with van der Waals surface area (Å²) in [4.78, 5) is 0. The first-order chi connectivity index (χ1) is 9.62. The van der Waals surface area contributed by atoms with Crippen molar-refractivity contribution in [3.8, 4) is 0 Å². The van der Waals surface area contributed by atoms with Crippen molar-refractivity contribution in [2.24, 2.45) is 5.92 Å². The molecular formula is C14H29N3O2S. The highest BCUT2D eigenvalue weighted by atomic mass is 32.2. The van der Waals surface area contributed by atoms with Crippen LogP contribution < -0.4 is 10.0 Å². The molecule has 0 atom stereocenters. The van der Waals surface area contributed by atoms with Crippen LogP contribution in [0.25, 0.3) is 0 Å². The van der Waals surface area contributed by atoms with E-state index < -0.39 is 10.2 Å². The molecule has 20 heavy (non-hydrogen) atoms. The molecular weight excluding hydrogens is 274 g/mol. The summed E-state index contributed by atoms with van der Waals surface area (Å²) in [6, 6.07) is 0.170. The maximum absolute atomic E-state index is 12.3. The van der Waals surface area contributed by atoms with Crippen molar-refractivity contribution < 1.29 is 8.42 Å². The van der Waals surface area contributed by atoms with Crippen LogP contribution in [0.3, 0.4) is 0 Å². The predicted molar refractivity (Wildman–Crippen MR) is 81.8 cm³/mol. The van der Waals surface area contributed by atoms with E-state index in [2.05, 4.69) is 17.0 Å². The van der Waals surface area contributed by atoms with Crippen LogP contribution in [0.5, 0.6) is 0 Å². The number of nitrogens with one attached hydrogen (secondary N) is 2. The van der Waals surface area contributed by atoms with E-state index in [1.807, 2.05) is 0 Å². The average Bonchev–Trinajstić information content (AvgIpc) is 2.92. The summed E-state index contributed by atoms with van der Waals surface area (Å²) in [7, 11) is -3.25. The topological polar surface area (TPSA) is 61.4 Å². The van der Waals surface area contributed by atoms with Crippen molar-refractivity contribution in [3.63, 3.8) is 0 Å². The van der Waals surface area contributed by atoms with Crippen LogP contribution in [-0.4, -0.2) is 44.9 Å².